The molecule has 2 amide bonds. The SMILES string of the molecule is C/C(=N\N=C(N)S[C@H]1CC(=O)N(c2ccccc2)C1=O)c1ccc(O)cc1. The lowest BCUT2D eigenvalue weighted by Gasteiger charge is -2.14. The number of hydrogen-bond acceptors (Lipinski definition) is 6. The highest BCUT2D eigenvalue weighted by Crippen LogP contribution is 2.29. The average molecular weight is 382 g/mol. The van der Waals surface area contributed by atoms with Crippen molar-refractivity contribution < 1.29 is 14.7 Å². The van der Waals surface area contributed by atoms with Crippen LogP contribution in [0.1, 0.15) is 18.9 Å². The van der Waals surface area contributed by atoms with E-state index in [4.69, 9.17) is 5.73 Å². The summed E-state index contributed by atoms with van der Waals surface area (Å²) in [7, 11) is 0. The van der Waals surface area contributed by atoms with Crippen LogP contribution >= 0.6 is 11.8 Å². The van der Waals surface area contributed by atoms with Crippen molar-refractivity contribution in [3.8, 4) is 5.75 Å². The Morgan fingerprint density at radius 3 is 2.44 bits per heavy atom. The van der Waals surface area contributed by atoms with Crippen molar-refractivity contribution in [1.29, 1.82) is 0 Å². The molecule has 1 atom stereocenters. The van der Waals surface area contributed by atoms with Crippen molar-refractivity contribution in [2.45, 2.75) is 18.6 Å². The molecule has 0 radical (unpaired) electrons. The molecule has 3 N–H and O–H groups in total. The highest BCUT2D eigenvalue weighted by atomic mass is 32.2. The summed E-state index contributed by atoms with van der Waals surface area (Å²) in [6.45, 7) is 1.76. The van der Waals surface area contributed by atoms with Crippen LogP contribution in [0.2, 0.25) is 0 Å². The molecule has 0 saturated carbocycles. The molecule has 0 bridgehead atoms. The number of rotatable bonds is 4. The smallest absolute Gasteiger partial charge is 0.247 e. The molecule has 0 aromatic heterocycles. The molecule has 1 saturated heterocycles. The number of nitrogens with zero attached hydrogens (tertiary/aromatic N) is 3. The number of nitrogens with two attached hydrogens (primary N) is 1. The first kappa shape index (κ1) is 18.7. The van der Waals surface area contributed by atoms with Gasteiger partial charge in [0.15, 0.2) is 5.17 Å². The quantitative estimate of drug-likeness (QED) is 0.365. The monoisotopic (exact) mass is 382 g/mol. The van der Waals surface area contributed by atoms with Crippen LogP contribution in [0.25, 0.3) is 0 Å². The topological polar surface area (TPSA) is 108 Å². The van der Waals surface area contributed by atoms with Crippen LogP contribution < -0.4 is 10.6 Å². The highest BCUT2D eigenvalue weighted by Gasteiger charge is 2.40. The summed E-state index contributed by atoms with van der Waals surface area (Å²) >= 11 is 1.03. The van der Waals surface area contributed by atoms with Crippen LogP contribution in [0.15, 0.2) is 64.8 Å². The molecule has 0 aliphatic carbocycles. The van der Waals surface area contributed by atoms with E-state index in [1.54, 1.807) is 55.5 Å². The van der Waals surface area contributed by atoms with Crippen molar-refractivity contribution >= 4 is 40.1 Å². The minimum Gasteiger partial charge on any atom is -0.508 e. The van der Waals surface area contributed by atoms with Crippen LogP contribution in [0, 0.1) is 0 Å². The van der Waals surface area contributed by atoms with E-state index >= 15 is 0 Å². The number of anilines is 1. The Morgan fingerprint density at radius 2 is 1.78 bits per heavy atom. The molecule has 1 fully saturated rings. The van der Waals surface area contributed by atoms with Crippen molar-refractivity contribution in [2.24, 2.45) is 15.9 Å². The number of phenolic OH excluding ortho intramolecular Hbond substituents is 1. The highest BCUT2D eigenvalue weighted by molar-refractivity contribution is 8.14. The van der Waals surface area contributed by atoms with Gasteiger partial charge < -0.3 is 10.8 Å². The molecule has 8 heteroatoms. The molecule has 138 valence electrons. The molecule has 0 unspecified atom stereocenters. The van der Waals surface area contributed by atoms with E-state index in [1.165, 1.54) is 4.90 Å². The number of carbonyl (C=O) groups is 2. The van der Waals surface area contributed by atoms with Gasteiger partial charge >= 0.3 is 0 Å². The maximum atomic E-state index is 12.6. The minimum absolute atomic E-state index is 0.0648. The third-order valence-corrected chi connectivity index (χ3v) is 4.94. The van der Waals surface area contributed by atoms with Gasteiger partial charge in [-0.05, 0) is 48.9 Å². The van der Waals surface area contributed by atoms with Gasteiger partial charge in [0.2, 0.25) is 11.8 Å². The van der Waals surface area contributed by atoms with Gasteiger partial charge in [-0.25, -0.2) is 4.90 Å². The van der Waals surface area contributed by atoms with Gasteiger partial charge in [-0.15, -0.1) is 5.10 Å². The van der Waals surface area contributed by atoms with Crippen LogP contribution in [0.3, 0.4) is 0 Å². The molecular weight excluding hydrogens is 364 g/mol. The van der Waals surface area contributed by atoms with Crippen LogP contribution in [0.5, 0.6) is 5.75 Å². The van der Waals surface area contributed by atoms with E-state index in [0.29, 0.717) is 11.4 Å². The van der Waals surface area contributed by atoms with Crippen LogP contribution in [-0.4, -0.2) is 33.1 Å². The summed E-state index contributed by atoms with van der Waals surface area (Å²) in [4.78, 5) is 26.0. The largest absolute Gasteiger partial charge is 0.508 e. The van der Waals surface area contributed by atoms with Gasteiger partial charge in [-0.3, -0.25) is 9.59 Å². The fourth-order valence-corrected chi connectivity index (χ4v) is 3.41. The first-order valence-corrected chi connectivity index (χ1v) is 9.09. The zero-order valence-corrected chi connectivity index (χ0v) is 15.4. The molecule has 2 aromatic rings. The predicted molar refractivity (Wildman–Crippen MR) is 107 cm³/mol. The lowest BCUT2D eigenvalue weighted by atomic mass is 10.1. The van der Waals surface area contributed by atoms with E-state index in [1.807, 2.05) is 6.07 Å². The number of phenols is 1. The van der Waals surface area contributed by atoms with Crippen molar-refractivity contribution in [3.05, 3.63) is 60.2 Å². The summed E-state index contributed by atoms with van der Waals surface area (Å²) in [5.41, 5.74) is 7.83. The Hall–Kier alpha value is -3.13. The molecule has 1 heterocycles. The first-order valence-electron chi connectivity index (χ1n) is 8.21. The van der Waals surface area contributed by atoms with Gasteiger partial charge in [-0.2, -0.15) is 5.10 Å². The number of imide groups is 1. The Morgan fingerprint density at radius 1 is 1.11 bits per heavy atom. The second-order valence-electron chi connectivity index (χ2n) is 5.88. The first-order chi connectivity index (χ1) is 13.0. The molecule has 27 heavy (non-hydrogen) atoms. The predicted octanol–water partition coefficient (Wildman–Crippen LogP) is 2.50. The normalized spacial score (nSPS) is 18.3. The molecular formula is C19H18N4O3S. The molecule has 1 aliphatic rings. The molecule has 7 nitrogen and oxygen atoms in total. The Kier molecular flexibility index (Phi) is 5.56. The number of thioether (sulfide) groups is 1. The summed E-state index contributed by atoms with van der Waals surface area (Å²) in [5, 5.41) is 16.8. The van der Waals surface area contributed by atoms with Gasteiger partial charge in [0, 0.05) is 6.42 Å². The van der Waals surface area contributed by atoms with Gasteiger partial charge in [0.25, 0.3) is 0 Å². The fraction of sp³-hybridized carbons (Fsp3) is 0.158. The Labute approximate surface area is 160 Å². The number of aromatic hydroxyl groups is 1. The zero-order valence-electron chi connectivity index (χ0n) is 14.6. The Balaban J connectivity index is 1.68. The van der Waals surface area contributed by atoms with Crippen LogP contribution in [0.4, 0.5) is 5.69 Å². The zero-order chi connectivity index (χ0) is 19.4. The Bertz CT molecular complexity index is 910. The summed E-state index contributed by atoms with van der Waals surface area (Å²) in [6, 6.07) is 15.3. The lowest BCUT2D eigenvalue weighted by molar-refractivity contribution is -0.121. The van der Waals surface area contributed by atoms with Gasteiger partial charge in [0.05, 0.1) is 11.4 Å². The minimum atomic E-state index is -0.620. The summed E-state index contributed by atoms with van der Waals surface area (Å²) < 4.78 is 0. The maximum Gasteiger partial charge on any atom is 0.247 e. The number of amides is 2. The summed E-state index contributed by atoms with van der Waals surface area (Å²) in [6.07, 6.45) is 0.0648. The maximum absolute atomic E-state index is 12.6. The molecule has 1 aliphatic heterocycles. The second kappa shape index (κ2) is 8.05. The standard InChI is InChI=1S/C19H18N4O3S/c1-12(13-7-9-15(24)10-8-13)21-22-19(20)27-16-11-17(25)23(18(16)26)14-5-3-2-4-6-14/h2-10,16,24H,11H2,1H3,(H2,20,22)/b21-12+/t16-/m0/s1. The number of para-hydroxylation sites is 1. The third-order valence-electron chi connectivity index (χ3n) is 3.97. The van der Waals surface area contributed by atoms with E-state index in [9.17, 15) is 14.7 Å². The van der Waals surface area contributed by atoms with Crippen molar-refractivity contribution in [3.63, 3.8) is 0 Å². The number of hydrogen-bond donors (Lipinski definition) is 2. The van der Waals surface area contributed by atoms with E-state index in [0.717, 1.165) is 17.3 Å². The average Bonchev–Trinajstić information content (AvgIpc) is 2.94. The van der Waals surface area contributed by atoms with Gasteiger partial charge in [0.1, 0.15) is 11.0 Å². The van der Waals surface area contributed by atoms with Crippen molar-refractivity contribution in [1.82, 2.24) is 0 Å². The van der Waals surface area contributed by atoms with E-state index in [2.05, 4.69) is 10.2 Å². The fourth-order valence-electron chi connectivity index (χ4n) is 2.60. The number of benzene rings is 2. The third kappa shape index (κ3) is 4.35. The second-order valence-corrected chi connectivity index (χ2v) is 7.11. The molecule has 3 rings (SSSR count). The lowest BCUT2D eigenvalue weighted by Crippen LogP contribution is -2.31. The van der Waals surface area contributed by atoms with Crippen molar-refractivity contribution in [2.75, 3.05) is 4.90 Å². The van der Waals surface area contributed by atoms with E-state index in [-0.39, 0.29) is 29.2 Å². The molecule has 2 aromatic carbocycles. The summed E-state index contributed by atoms with van der Waals surface area (Å²) in [5.74, 6) is -0.411. The van der Waals surface area contributed by atoms with E-state index < -0.39 is 5.25 Å². The molecule has 0 spiro atoms. The number of carbonyl (C=O) groups excluding carboxylic acids is 2. The van der Waals surface area contributed by atoms with Gasteiger partial charge in [-0.1, -0.05) is 30.0 Å². The van der Waals surface area contributed by atoms with Crippen LogP contribution in [-0.2, 0) is 9.59 Å². The number of amidine groups is 1.